The maximum atomic E-state index is 3.25. The molecule has 0 aromatic heterocycles. The smallest absolute Gasteiger partial charge is 0.0110 e. The lowest BCUT2D eigenvalue weighted by Gasteiger charge is -2.34. The Labute approximate surface area is 174 Å². The van der Waals surface area contributed by atoms with Gasteiger partial charge in [-0.15, -0.1) is 0 Å². The third-order valence-corrected chi connectivity index (χ3v) is 4.82. The first-order chi connectivity index (χ1) is 13.2. The van der Waals surface area contributed by atoms with E-state index >= 15 is 0 Å². The molecule has 0 spiro atoms. The average Bonchev–Trinajstić information content (AvgIpc) is 3.22. The molecule has 1 N–H and O–H groups in total. The van der Waals surface area contributed by atoms with Gasteiger partial charge < -0.3 is 20.0 Å². The van der Waals surface area contributed by atoms with Crippen molar-refractivity contribution < 1.29 is 0 Å². The Hall–Kier alpha value is -0.160. The zero-order valence-electron chi connectivity index (χ0n) is 20.9. The number of hydrogen-bond acceptors (Lipinski definition) is 4. The molecule has 1 atom stereocenters. The first-order valence-corrected chi connectivity index (χ1v) is 11.9. The molecule has 2 aliphatic rings. The molecule has 2 heterocycles. The lowest BCUT2D eigenvalue weighted by molar-refractivity contribution is 0.132. The fraction of sp³-hybridized carbons (Fsp3) is 1.00. The highest BCUT2D eigenvalue weighted by molar-refractivity contribution is 4.72. The van der Waals surface area contributed by atoms with Crippen LogP contribution in [-0.4, -0.2) is 88.2 Å². The zero-order valence-corrected chi connectivity index (χ0v) is 20.9. The number of hydrogen-bond donors (Lipinski definition) is 1. The molecule has 2 rings (SSSR count). The fourth-order valence-corrected chi connectivity index (χ4v) is 3.04. The predicted molar refractivity (Wildman–Crippen MR) is 127 cm³/mol. The Morgan fingerprint density at radius 1 is 0.741 bits per heavy atom. The van der Waals surface area contributed by atoms with Crippen molar-refractivity contribution in [1.29, 1.82) is 0 Å². The summed E-state index contributed by atoms with van der Waals surface area (Å²) in [6.07, 6.45) is 5.46. The molecule has 0 aromatic carbocycles. The largest absolute Gasteiger partial charge is 0.320 e. The summed E-state index contributed by atoms with van der Waals surface area (Å²) in [5.41, 5.74) is 0. The normalized spacial score (nSPS) is 18.4. The number of likely N-dealkylation sites (N-methyl/N-ethyl adjacent to an activating group) is 1. The van der Waals surface area contributed by atoms with Crippen LogP contribution in [0.2, 0.25) is 0 Å². The van der Waals surface area contributed by atoms with Gasteiger partial charge in [0, 0.05) is 32.7 Å². The van der Waals surface area contributed by atoms with Crippen LogP contribution < -0.4 is 5.32 Å². The van der Waals surface area contributed by atoms with Crippen LogP contribution in [0.25, 0.3) is 0 Å². The maximum Gasteiger partial charge on any atom is 0.0110 e. The molecule has 0 aliphatic carbocycles. The molecule has 1 unspecified atom stereocenters. The Morgan fingerprint density at radius 3 is 1.52 bits per heavy atom. The molecule has 4 heteroatoms. The number of nitrogens with zero attached hydrogens (tertiary/aromatic N) is 3. The van der Waals surface area contributed by atoms with Gasteiger partial charge >= 0.3 is 0 Å². The Kier molecular flexibility index (Phi) is 30.2. The van der Waals surface area contributed by atoms with Crippen molar-refractivity contribution in [1.82, 2.24) is 20.0 Å². The van der Waals surface area contributed by atoms with Gasteiger partial charge in [-0.1, -0.05) is 54.9 Å². The van der Waals surface area contributed by atoms with E-state index < -0.39 is 0 Å². The van der Waals surface area contributed by atoms with E-state index in [-0.39, 0.29) is 0 Å². The predicted octanol–water partition coefficient (Wildman–Crippen LogP) is 4.66. The highest BCUT2D eigenvalue weighted by Gasteiger charge is 2.16. The summed E-state index contributed by atoms with van der Waals surface area (Å²) in [5, 5.41) is 3.25. The molecule has 0 saturated carbocycles. The minimum absolute atomic E-state index is 0.876. The Bertz CT molecular complexity index is 232. The topological polar surface area (TPSA) is 21.8 Å². The summed E-state index contributed by atoms with van der Waals surface area (Å²) in [4.78, 5) is 7.41. The van der Waals surface area contributed by atoms with Crippen molar-refractivity contribution in [2.24, 2.45) is 5.92 Å². The van der Waals surface area contributed by atoms with E-state index in [1.807, 2.05) is 48.6 Å². The third kappa shape index (κ3) is 20.4. The van der Waals surface area contributed by atoms with E-state index in [1.165, 1.54) is 71.5 Å². The molecular weight excluding hydrogens is 332 g/mol. The quantitative estimate of drug-likeness (QED) is 0.714. The summed E-state index contributed by atoms with van der Waals surface area (Å²) in [7, 11) is 6.44. The minimum Gasteiger partial charge on any atom is -0.320 e. The van der Waals surface area contributed by atoms with Crippen LogP contribution in [0.1, 0.15) is 74.1 Å². The second-order valence-electron chi connectivity index (χ2n) is 6.78. The molecule has 0 bridgehead atoms. The third-order valence-electron chi connectivity index (χ3n) is 4.82. The lowest BCUT2D eigenvalue weighted by Crippen LogP contribution is -2.46. The maximum absolute atomic E-state index is 3.25. The van der Waals surface area contributed by atoms with E-state index in [4.69, 9.17) is 0 Å². The summed E-state index contributed by atoms with van der Waals surface area (Å²) < 4.78 is 0. The molecular formula is C23H56N4. The van der Waals surface area contributed by atoms with Gasteiger partial charge in [0.15, 0.2) is 0 Å². The van der Waals surface area contributed by atoms with Gasteiger partial charge in [0.2, 0.25) is 0 Å². The molecule has 168 valence electrons. The van der Waals surface area contributed by atoms with E-state index in [0.717, 1.165) is 12.5 Å². The van der Waals surface area contributed by atoms with Gasteiger partial charge in [0.1, 0.15) is 0 Å². The van der Waals surface area contributed by atoms with Crippen LogP contribution in [-0.2, 0) is 0 Å². The van der Waals surface area contributed by atoms with E-state index in [2.05, 4.69) is 41.0 Å². The summed E-state index contributed by atoms with van der Waals surface area (Å²) in [6, 6.07) is 0. The van der Waals surface area contributed by atoms with Crippen molar-refractivity contribution in [3.05, 3.63) is 0 Å². The van der Waals surface area contributed by atoms with Gasteiger partial charge in [0.05, 0.1) is 0 Å². The second kappa shape index (κ2) is 25.8. The van der Waals surface area contributed by atoms with Crippen molar-refractivity contribution in [3.8, 4) is 0 Å². The number of likely N-dealkylation sites (tertiary alicyclic amines) is 1. The van der Waals surface area contributed by atoms with Crippen LogP contribution in [0.3, 0.4) is 0 Å². The van der Waals surface area contributed by atoms with Crippen molar-refractivity contribution in [2.45, 2.75) is 74.1 Å². The van der Waals surface area contributed by atoms with Gasteiger partial charge in [-0.3, -0.25) is 0 Å². The van der Waals surface area contributed by atoms with Gasteiger partial charge in [0.25, 0.3) is 0 Å². The molecule has 2 saturated heterocycles. The zero-order chi connectivity index (χ0) is 21.5. The molecule has 27 heavy (non-hydrogen) atoms. The Morgan fingerprint density at radius 2 is 1.19 bits per heavy atom. The molecule has 0 aromatic rings. The van der Waals surface area contributed by atoms with Crippen LogP contribution in [0, 0.1) is 5.92 Å². The van der Waals surface area contributed by atoms with Crippen molar-refractivity contribution >= 4 is 0 Å². The summed E-state index contributed by atoms with van der Waals surface area (Å²) >= 11 is 0. The molecule has 0 radical (unpaired) electrons. The fourth-order valence-electron chi connectivity index (χ4n) is 3.04. The van der Waals surface area contributed by atoms with E-state index in [1.54, 1.807) is 0 Å². The van der Waals surface area contributed by atoms with Crippen molar-refractivity contribution in [3.63, 3.8) is 0 Å². The first kappa shape index (κ1) is 31.5. The standard InChI is InChI=1S/C12H27N3.C5H11N.3C2H6/c1-4-12(5-6-13-2)11-15-9-7-14(3)8-10-15;1-6-4-2-3-5-6;3*1-2/h12-13H,4-11H2,1-3H3;2-5H2,1H3;3*1-2H3. The molecule has 2 fully saturated rings. The van der Waals surface area contributed by atoms with Crippen LogP contribution >= 0.6 is 0 Å². The number of nitrogens with one attached hydrogen (secondary N) is 1. The lowest BCUT2D eigenvalue weighted by atomic mass is 10.0. The van der Waals surface area contributed by atoms with Crippen LogP contribution in [0.5, 0.6) is 0 Å². The molecule has 2 aliphatic heterocycles. The molecule has 4 nitrogen and oxygen atoms in total. The van der Waals surface area contributed by atoms with Gasteiger partial charge in [-0.25, -0.2) is 0 Å². The van der Waals surface area contributed by atoms with E-state index in [9.17, 15) is 0 Å². The second-order valence-corrected chi connectivity index (χ2v) is 6.78. The van der Waals surface area contributed by atoms with Crippen LogP contribution in [0.15, 0.2) is 0 Å². The SMILES string of the molecule is CC.CC.CC.CCC(CCNC)CN1CCN(C)CC1.CN1CCCC1. The van der Waals surface area contributed by atoms with Crippen molar-refractivity contribution in [2.75, 3.05) is 73.5 Å². The highest BCUT2D eigenvalue weighted by Crippen LogP contribution is 2.11. The van der Waals surface area contributed by atoms with Gasteiger partial charge in [-0.05, 0) is 66.0 Å². The highest BCUT2D eigenvalue weighted by atomic mass is 15.2. The minimum atomic E-state index is 0.876. The monoisotopic (exact) mass is 388 g/mol. The molecule has 0 amide bonds. The Balaban J connectivity index is -0.000000397. The number of rotatable bonds is 6. The van der Waals surface area contributed by atoms with E-state index in [0.29, 0.717) is 0 Å². The summed E-state index contributed by atoms with van der Waals surface area (Å²) in [6.45, 7) is 24.4. The van der Waals surface area contributed by atoms with Gasteiger partial charge in [-0.2, -0.15) is 0 Å². The summed E-state index contributed by atoms with van der Waals surface area (Å²) in [5.74, 6) is 0.876. The number of piperazine rings is 1. The van der Waals surface area contributed by atoms with Crippen LogP contribution in [0.4, 0.5) is 0 Å². The first-order valence-electron chi connectivity index (χ1n) is 11.9. The average molecular weight is 389 g/mol.